The van der Waals surface area contributed by atoms with E-state index in [1.807, 2.05) is 11.8 Å². The minimum absolute atomic E-state index is 0.0813. The van der Waals surface area contributed by atoms with Crippen LogP contribution in [-0.4, -0.2) is 36.3 Å². The number of ether oxygens (including phenoxy) is 2. The molecular formula is C7H13BrO2S. The highest BCUT2D eigenvalue weighted by atomic mass is 79.9. The van der Waals surface area contributed by atoms with Crippen molar-refractivity contribution in [1.82, 2.24) is 0 Å². The summed E-state index contributed by atoms with van der Waals surface area (Å²) >= 11 is 5.31. The number of hydrogen-bond donors (Lipinski definition) is 0. The highest BCUT2D eigenvalue weighted by Gasteiger charge is 2.14. The van der Waals surface area contributed by atoms with Crippen LogP contribution >= 0.6 is 27.7 Å². The Labute approximate surface area is 80.1 Å². The van der Waals surface area contributed by atoms with Crippen LogP contribution in [0.25, 0.3) is 0 Å². The third kappa shape index (κ3) is 4.35. The summed E-state index contributed by atoms with van der Waals surface area (Å²) in [6.07, 6.45) is 1.11. The van der Waals surface area contributed by atoms with Crippen molar-refractivity contribution in [2.75, 3.05) is 30.0 Å². The van der Waals surface area contributed by atoms with Crippen molar-refractivity contribution < 1.29 is 9.47 Å². The van der Waals surface area contributed by atoms with Crippen molar-refractivity contribution in [2.24, 2.45) is 0 Å². The fraction of sp³-hybridized carbons (Fsp3) is 1.00. The van der Waals surface area contributed by atoms with E-state index >= 15 is 0 Å². The summed E-state index contributed by atoms with van der Waals surface area (Å²) in [6.45, 7) is 1.54. The molecule has 66 valence electrons. The Hall–Kier alpha value is 0.750. The molecule has 1 aliphatic heterocycles. The lowest BCUT2D eigenvalue weighted by atomic mass is 10.5. The molecule has 1 fully saturated rings. The van der Waals surface area contributed by atoms with Crippen molar-refractivity contribution in [1.29, 1.82) is 0 Å². The zero-order chi connectivity index (χ0) is 7.94. The highest BCUT2D eigenvalue weighted by molar-refractivity contribution is 9.09. The summed E-state index contributed by atoms with van der Waals surface area (Å²) in [7, 11) is 0. The molecule has 0 atom stereocenters. The quantitative estimate of drug-likeness (QED) is 0.541. The Bertz CT molecular complexity index is 96.4. The summed E-state index contributed by atoms with van der Waals surface area (Å²) in [5, 5.41) is 1.07. The first-order valence-corrected chi connectivity index (χ1v) is 6.08. The van der Waals surface area contributed by atoms with Gasteiger partial charge in [0, 0.05) is 17.5 Å². The van der Waals surface area contributed by atoms with E-state index in [2.05, 4.69) is 15.9 Å². The molecule has 0 spiro atoms. The van der Waals surface area contributed by atoms with Crippen molar-refractivity contribution >= 4 is 27.7 Å². The van der Waals surface area contributed by atoms with Gasteiger partial charge in [-0.3, -0.25) is 0 Å². The maximum absolute atomic E-state index is 5.29. The summed E-state index contributed by atoms with van der Waals surface area (Å²) in [6, 6.07) is 0. The first-order chi connectivity index (χ1) is 5.43. The lowest BCUT2D eigenvalue weighted by Gasteiger charge is -2.06. The normalized spacial score (nSPS) is 19.4. The van der Waals surface area contributed by atoms with Gasteiger partial charge < -0.3 is 9.47 Å². The first kappa shape index (κ1) is 9.84. The average molecular weight is 241 g/mol. The minimum atomic E-state index is 0.0813. The predicted molar refractivity (Wildman–Crippen MR) is 51.4 cm³/mol. The Balaban J connectivity index is 1.86. The van der Waals surface area contributed by atoms with E-state index in [-0.39, 0.29) is 6.29 Å². The fourth-order valence-corrected chi connectivity index (χ4v) is 2.27. The van der Waals surface area contributed by atoms with E-state index in [9.17, 15) is 0 Å². The minimum Gasteiger partial charge on any atom is -0.350 e. The number of hydrogen-bond acceptors (Lipinski definition) is 3. The SMILES string of the molecule is BrCCSCCC1OCCO1. The van der Waals surface area contributed by atoms with Crippen molar-refractivity contribution in [3.63, 3.8) is 0 Å². The molecule has 0 amide bonds. The molecule has 0 N–H and O–H groups in total. The number of thioether (sulfide) groups is 1. The molecule has 4 heteroatoms. The zero-order valence-electron chi connectivity index (χ0n) is 6.42. The van der Waals surface area contributed by atoms with Gasteiger partial charge in [0.2, 0.25) is 0 Å². The van der Waals surface area contributed by atoms with Gasteiger partial charge in [-0.1, -0.05) is 15.9 Å². The third-order valence-corrected chi connectivity index (χ3v) is 3.35. The van der Waals surface area contributed by atoms with Gasteiger partial charge in [-0.05, 0) is 5.75 Å². The second-order valence-corrected chi connectivity index (χ2v) is 4.28. The molecule has 0 aromatic carbocycles. The van der Waals surface area contributed by atoms with Gasteiger partial charge in [0.25, 0.3) is 0 Å². The lowest BCUT2D eigenvalue weighted by molar-refractivity contribution is -0.0421. The number of rotatable bonds is 5. The van der Waals surface area contributed by atoms with Crippen LogP contribution in [-0.2, 0) is 9.47 Å². The molecule has 0 bridgehead atoms. The van der Waals surface area contributed by atoms with E-state index in [0.29, 0.717) is 0 Å². The maximum atomic E-state index is 5.29. The van der Waals surface area contributed by atoms with Crippen LogP contribution in [0.1, 0.15) is 6.42 Å². The molecule has 1 rings (SSSR count). The Morgan fingerprint density at radius 3 is 2.64 bits per heavy atom. The van der Waals surface area contributed by atoms with E-state index in [1.54, 1.807) is 0 Å². The molecule has 0 aromatic rings. The standard InChI is InChI=1S/C7H13BrO2S/c8-2-6-11-5-1-7-9-3-4-10-7/h7H,1-6H2. The van der Waals surface area contributed by atoms with Gasteiger partial charge in [0.15, 0.2) is 6.29 Å². The second kappa shape index (κ2) is 6.29. The second-order valence-electron chi connectivity index (χ2n) is 2.26. The summed E-state index contributed by atoms with van der Waals surface area (Å²) in [4.78, 5) is 0. The molecule has 0 unspecified atom stereocenters. The summed E-state index contributed by atoms with van der Waals surface area (Å²) in [5.41, 5.74) is 0. The third-order valence-electron chi connectivity index (χ3n) is 1.41. The summed E-state index contributed by atoms with van der Waals surface area (Å²) < 4.78 is 10.6. The van der Waals surface area contributed by atoms with E-state index in [1.165, 1.54) is 5.75 Å². The van der Waals surface area contributed by atoms with Gasteiger partial charge in [-0.25, -0.2) is 0 Å². The average Bonchev–Trinajstić information content (AvgIpc) is 2.50. The van der Waals surface area contributed by atoms with Crippen LogP contribution in [0.2, 0.25) is 0 Å². The molecule has 1 saturated heterocycles. The van der Waals surface area contributed by atoms with Crippen LogP contribution in [0.15, 0.2) is 0 Å². The Morgan fingerprint density at radius 2 is 2.00 bits per heavy atom. The molecule has 1 heterocycles. The molecule has 0 saturated carbocycles. The molecule has 0 aliphatic carbocycles. The van der Waals surface area contributed by atoms with Crippen LogP contribution < -0.4 is 0 Å². The van der Waals surface area contributed by atoms with Crippen LogP contribution in [0.3, 0.4) is 0 Å². The van der Waals surface area contributed by atoms with Gasteiger partial charge >= 0.3 is 0 Å². The van der Waals surface area contributed by atoms with Crippen molar-refractivity contribution in [3.8, 4) is 0 Å². The van der Waals surface area contributed by atoms with Gasteiger partial charge in [-0.2, -0.15) is 11.8 Å². The molecule has 11 heavy (non-hydrogen) atoms. The first-order valence-electron chi connectivity index (χ1n) is 3.80. The number of halogens is 1. The van der Waals surface area contributed by atoms with Gasteiger partial charge in [0.05, 0.1) is 13.2 Å². The van der Waals surface area contributed by atoms with Crippen LogP contribution in [0.4, 0.5) is 0 Å². The Kier molecular flexibility index (Phi) is 5.62. The van der Waals surface area contributed by atoms with E-state index in [0.717, 1.165) is 30.7 Å². The highest BCUT2D eigenvalue weighted by Crippen LogP contribution is 2.12. The maximum Gasteiger partial charge on any atom is 0.158 e. The summed E-state index contributed by atoms with van der Waals surface area (Å²) in [5.74, 6) is 2.31. The molecule has 2 nitrogen and oxygen atoms in total. The zero-order valence-corrected chi connectivity index (χ0v) is 8.83. The predicted octanol–water partition coefficient (Wildman–Crippen LogP) is 1.88. The van der Waals surface area contributed by atoms with Gasteiger partial charge in [-0.15, -0.1) is 0 Å². The molecule has 0 aromatic heterocycles. The van der Waals surface area contributed by atoms with Gasteiger partial charge in [0.1, 0.15) is 0 Å². The van der Waals surface area contributed by atoms with E-state index in [4.69, 9.17) is 9.47 Å². The fourth-order valence-electron chi connectivity index (χ4n) is 0.910. The molecule has 1 aliphatic rings. The van der Waals surface area contributed by atoms with Crippen LogP contribution in [0.5, 0.6) is 0 Å². The smallest absolute Gasteiger partial charge is 0.158 e. The topological polar surface area (TPSA) is 18.5 Å². The lowest BCUT2D eigenvalue weighted by Crippen LogP contribution is -2.08. The number of alkyl halides is 1. The van der Waals surface area contributed by atoms with Crippen molar-refractivity contribution in [2.45, 2.75) is 12.7 Å². The largest absolute Gasteiger partial charge is 0.350 e. The monoisotopic (exact) mass is 240 g/mol. The van der Waals surface area contributed by atoms with E-state index < -0.39 is 0 Å². The molecular weight excluding hydrogens is 228 g/mol. The molecule has 0 radical (unpaired) electrons. The van der Waals surface area contributed by atoms with Crippen LogP contribution in [0, 0.1) is 0 Å². The Morgan fingerprint density at radius 1 is 1.27 bits per heavy atom. The van der Waals surface area contributed by atoms with Crippen molar-refractivity contribution in [3.05, 3.63) is 0 Å².